The highest BCUT2D eigenvalue weighted by atomic mass is 16.5. The van der Waals surface area contributed by atoms with Crippen molar-refractivity contribution in [3.63, 3.8) is 0 Å². The molecule has 0 aromatic carbocycles. The Bertz CT molecular complexity index is 484. The molecule has 1 aromatic heterocycles. The maximum absolute atomic E-state index is 12.5. The van der Waals surface area contributed by atoms with Crippen LogP contribution in [0.5, 0.6) is 0 Å². The van der Waals surface area contributed by atoms with Crippen LogP contribution in [0.2, 0.25) is 0 Å². The maximum atomic E-state index is 12.5. The number of aryl methyl sites for hydroxylation is 1. The summed E-state index contributed by atoms with van der Waals surface area (Å²) in [6, 6.07) is 3.80. The number of carbonyl (C=O) groups excluding carboxylic acids is 1. The third-order valence-corrected chi connectivity index (χ3v) is 4.25. The molecule has 3 unspecified atom stereocenters. The van der Waals surface area contributed by atoms with Crippen molar-refractivity contribution >= 4 is 5.91 Å². The zero-order valence-corrected chi connectivity index (χ0v) is 11.7. The lowest BCUT2D eigenvalue weighted by atomic mass is 10.0. The van der Waals surface area contributed by atoms with Crippen molar-refractivity contribution in [1.82, 2.24) is 4.90 Å². The number of hydrogen-bond donors (Lipinski definition) is 1. The molecule has 1 aliphatic heterocycles. The maximum Gasteiger partial charge on any atom is 0.228 e. The molecule has 0 radical (unpaired) electrons. The number of carbonyl (C=O) groups is 1. The molecule has 1 aromatic rings. The molecular formula is C15H21NO4. The van der Waals surface area contributed by atoms with Crippen molar-refractivity contribution < 1.29 is 19.1 Å². The summed E-state index contributed by atoms with van der Waals surface area (Å²) in [6.45, 7) is 3.51. The summed E-state index contributed by atoms with van der Waals surface area (Å²) in [5, 5.41) is 9.88. The van der Waals surface area contributed by atoms with Crippen LogP contribution in [0.15, 0.2) is 16.5 Å². The highest BCUT2D eigenvalue weighted by Gasteiger charge is 2.36. The third kappa shape index (κ3) is 2.60. The summed E-state index contributed by atoms with van der Waals surface area (Å²) in [4.78, 5) is 14.3. The van der Waals surface area contributed by atoms with Crippen LogP contribution in [0.1, 0.15) is 36.9 Å². The standard InChI is InChI=1S/C15H21NO4/c1-10-5-6-13(20-10)14-9-16(7-8-19-14)15(18)11-3-2-4-12(11)17/h5-6,11-12,14,17H,2-4,7-9H2,1H3. The lowest BCUT2D eigenvalue weighted by Gasteiger charge is -2.34. The number of furan rings is 1. The Morgan fingerprint density at radius 2 is 2.25 bits per heavy atom. The van der Waals surface area contributed by atoms with E-state index >= 15 is 0 Å². The molecule has 0 bridgehead atoms. The van der Waals surface area contributed by atoms with E-state index in [0.29, 0.717) is 19.7 Å². The van der Waals surface area contributed by atoms with Gasteiger partial charge in [-0.05, 0) is 38.3 Å². The molecule has 3 atom stereocenters. The van der Waals surface area contributed by atoms with Crippen LogP contribution in [-0.2, 0) is 9.53 Å². The van der Waals surface area contributed by atoms with Crippen molar-refractivity contribution in [2.24, 2.45) is 5.92 Å². The van der Waals surface area contributed by atoms with Gasteiger partial charge >= 0.3 is 0 Å². The van der Waals surface area contributed by atoms with Crippen LogP contribution >= 0.6 is 0 Å². The van der Waals surface area contributed by atoms with Crippen molar-refractivity contribution in [2.45, 2.75) is 38.4 Å². The number of ether oxygens (including phenoxy) is 1. The number of morpholine rings is 1. The minimum absolute atomic E-state index is 0.0616. The fraction of sp³-hybridized carbons (Fsp3) is 0.667. The predicted molar refractivity (Wildman–Crippen MR) is 72.1 cm³/mol. The van der Waals surface area contributed by atoms with E-state index in [1.54, 1.807) is 0 Å². The zero-order chi connectivity index (χ0) is 14.1. The molecule has 110 valence electrons. The SMILES string of the molecule is Cc1ccc(C2CN(C(=O)C3CCCC3O)CCO2)o1. The van der Waals surface area contributed by atoms with E-state index in [9.17, 15) is 9.90 Å². The van der Waals surface area contributed by atoms with Gasteiger partial charge in [-0.25, -0.2) is 0 Å². The number of nitrogens with zero attached hydrogens (tertiary/aromatic N) is 1. The van der Waals surface area contributed by atoms with E-state index in [4.69, 9.17) is 9.15 Å². The van der Waals surface area contributed by atoms with Crippen LogP contribution < -0.4 is 0 Å². The molecule has 20 heavy (non-hydrogen) atoms. The minimum Gasteiger partial charge on any atom is -0.464 e. The topological polar surface area (TPSA) is 62.9 Å². The summed E-state index contributed by atoms with van der Waals surface area (Å²) in [5.41, 5.74) is 0. The molecule has 1 aliphatic carbocycles. The van der Waals surface area contributed by atoms with Gasteiger partial charge < -0.3 is 19.2 Å². The van der Waals surface area contributed by atoms with Crippen LogP contribution in [0.25, 0.3) is 0 Å². The summed E-state index contributed by atoms with van der Waals surface area (Å²) < 4.78 is 11.3. The van der Waals surface area contributed by atoms with Gasteiger partial charge in [0.15, 0.2) is 0 Å². The molecule has 0 spiro atoms. The lowest BCUT2D eigenvalue weighted by molar-refractivity contribution is -0.146. The van der Waals surface area contributed by atoms with E-state index in [1.165, 1.54) is 0 Å². The number of rotatable bonds is 2. The molecular weight excluding hydrogens is 258 g/mol. The van der Waals surface area contributed by atoms with Gasteiger partial charge in [0.25, 0.3) is 0 Å². The highest BCUT2D eigenvalue weighted by molar-refractivity contribution is 5.79. The summed E-state index contributed by atoms with van der Waals surface area (Å²) >= 11 is 0. The smallest absolute Gasteiger partial charge is 0.228 e. The molecule has 5 heteroatoms. The Hall–Kier alpha value is -1.33. The van der Waals surface area contributed by atoms with Crippen molar-refractivity contribution in [2.75, 3.05) is 19.7 Å². The van der Waals surface area contributed by atoms with Gasteiger partial charge in [0.1, 0.15) is 17.6 Å². The molecule has 1 saturated carbocycles. The largest absolute Gasteiger partial charge is 0.464 e. The molecule has 2 heterocycles. The molecule has 2 aliphatic rings. The summed E-state index contributed by atoms with van der Waals surface area (Å²) in [5.74, 6) is 1.45. The van der Waals surface area contributed by atoms with E-state index in [0.717, 1.165) is 30.8 Å². The fourth-order valence-corrected chi connectivity index (χ4v) is 3.11. The monoisotopic (exact) mass is 279 g/mol. The van der Waals surface area contributed by atoms with Gasteiger partial charge in [-0.3, -0.25) is 4.79 Å². The molecule has 2 fully saturated rings. The van der Waals surface area contributed by atoms with Crippen LogP contribution in [0.4, 0.5) is 0 Å². The molecule has 1 N–H and O–H groups in total. The number of aliphatic hydroxyl groups excluding tert-OH is 1. The van der Waals surface area contributed by atoms with Crippen molar-refractivity contribution in [3.05, 3.63) is 23.7 Å². The second-order valence-corrected chi connectivity index (χ2v) is 5.70. The van der Waals surface area contributed by atoms with Gasteiger partial charge in [0.05, 0.1) is 25.2 Å². The van der Waals surface area contributed by atoms with Gasteiger partial charge in [-0.2, -0.15) is 0 Å². The third-order valence-electron chi connectivity index (χ3n) is 4.25. The molecule has 5 nitrogen and oxygen atoms in total. The average molecular weight is 279 g/mol. The number of aliphatic hydroxyl groups is 1. The first-order valence-electron chi connectivity index (χ1n) is 7.30. The average Bonchev–Trinajstić information content (AvgIpc) is 3.07. The van der Waals surface area contributed by atoms with Gasteiger partial charge in [-0.15, -0.1) is 0 Å². The molecule has 1 amide bonds. The van der Waals surface area contributed by atoms with E-state index in [2.05, 4.69) is 0 Å². The van der Waals surface area contributed by atoms with E-state index in [-0.39, 0.29) is 17.9 Å². The van der Waals surface area contributed by atoms with Gasteiger partial charge in [0.2, 0.25) is 5.91 Å². The normalized spacial score (nSPS) is 30.7. The Morgan fingerprint density at radius 3 is 2.90 bits per heavy atom. The Labute approximate surface area is 118 Å². The lowest BCUT2D eigenvalue weighted by Crippen LogP contribution is -2.46. The first-order valence-corrected chi connectivity index (χ1v) is 7.30. The van der Waals surface area contributed by atoms with E-state index in [1.807, 2.05) is 24.0 Å². The Morgan fingerprint density at radius 1 is 1.40 bits per heavy atom. The minimum atomic E-state index is -0.477. The van der Waals surface area contributed by atoms with Crippen LogP contribution in [-0.4, -0.2) is 41.7 Å². The molecule has 1 saturated heterocycles. The van der Waals surface area contributed by atoms with Crippen LogP contribution in [0, 0.1) is 12.8 Å². The first-order chi connectivity index (χ1) is 9.65. The summed E-state index contributed by atoms with van der Waals surface area (Å²) in [6.07, 6.45) is 1.79. The van der Waals surface area contributed by atoms with E-state index < -0.39 is 6.10 Å². The van der Waals surface area contributed by atoms with Crippen molar-refractivity contribution in [3.8, 4) is 0 Å². The highest BCUT2D eigenvalue weighted by Crippen LogP contribution is 2.30. The summed E-state index contributed by atoms with van der Waals surface area (Å²) in [7, 11) is 0. The van der Waals surface area contributed by atoms with Gasteiger partial charge in [-0.1, -0.05) is 0 Å². The number of hydrogen-bond acceptors (Lipinski definition) is 4. The fourth-order valence-electron chi connectivity index (χ4n) is 3.11. The Balaban J connectivity index is 1.67. The second-order valence-electron chi connectivity index (χ2n) is 5.70. The van der Waals surface area contributed by atoms with Crippen molar-refractivity contribution in [1.29, 1.82) is 0 Å². The van der Waals surface area contributed by atoms with Crippen LogP contribution in [0.3, 0.4) is 0 Å². The quantitative estimate of drug-likeness (QED) is 0.894. The number of amides is 1. The zero-order valence-electron chi connectivity index (χ0n) is 11.7. The predicted octanol–water partition coefficient (Wildman–Crippen LogP) is 1.65. The second kappa shape index (κ2) is 5.58. The van der Waals surface area contributed by atoms with Gasteiger partial charge in [0, 0.05) is 6.54 Å². The molecule has 3 rings (SSSR count). The first kappa shape index (κ1) is 13.6. The Kier molecular flexibility index (Phi) is 3.81.